The molecule has 0 saturated heterocycles. The molecule has 1 unspecified atom stereocenters. The molecule has 0 aliphatic rings. The van der Waals surface area contributed by atoms with E-state index in [2.05, 4.69) is 0 Å². The summed E-state index contributed by atoms with van der Waals surface area (Å²) in [5, 5.41) is 10.9. The molecule has 0 fully saturated rings. The zero-order chi connectivity index (χ0) is 15.5. The molecule has 0 spiro atoms. The molecule has 4 heteroatoms. The maximum Gasteiger partial charge on any atom is 0.314 e. The minimum atomic E-state index is -1.00. The molecule has 0 aliphatic carbocycles. The van der Waals surface area contributed by atoms with Gasteiger partial charge in [0.15, 0.2) is 0 Å². The van der Waals surface area contributed by atoms with Gasteiger partial charge in [-0.05, 0) is 42.2 Å². The van der Waals surface area contributed by atoms with Gasteiger partial charge in [-0.3, -0.25) is 4.79 Å². The predicted octanol–water partition coefficient (Wildman–Crippen LogP) is 4.97. The summed E-state index contributed by atoms with van der Waals surface area (Å²) >= 11 is 12.2. The quantitative estimate of drug-likeness (QED) is 0.843. The van der Waals surface area contributed by atoms with E-state index in [0.717, 1.165) is 11.1 Å². The van der Waals surface area contributed by atoms with Crippen LogP contribution in [0.2, 0.25) is 10.0 Å². The maximum atomic E-state index is 12.0. The Morgan fingerprint density at radius 1 is 1.14 bits per heavy atom. The molecule has 1 N–H and O–H groups in total. The first-order chi connectivity index (χ1) is 9.99. The molecule has 0 bridgehead atoms. The summed E-state index contributed by atoms with van der Waals surface area (Å²) in [5.74, 6) is -0.854. The Morgan fingerprint density at radius 2 is 1.81 bits per heavy atom. The Balaban J connectivity index is 2.51. The van der Waals surface area contributed by atoms with Crippen LogP contribution in [-0.2, 0) is 16.6 Å². The molecule has 0 aliphatic heterocycles. The molecule has 110 valence electrons. The van der Waals surface area contributed by atoms with Gasteiger partial charge in [0.1, 0.15) is 0 Å². The topological polar surface area (TPSA) is 37.3 Å². The molecule has 2 aromatic rings. The van der Waals surface area contributed by atoms with Crippen molar-refractivity contribution in [3.05, 3.63) is 69.7 Å². The van der Waals surface area contributed by atoms with E-state index in [-0.39, 0.29) is 0 Å². The SMILES string of the molecule is CCC(Cc1cc(Cl)ccc1Cl)(C(=O)O)c1ccccc1. The molecule has 2 nitrogen and oxygen atoms in total. The molecule has 1 atom stereocenters. The maximum absolute atomic E-state index is 12.0. The van der Waals surface area contributed by atoms with Crippen LogP contribution in [0.3, 0.4) is 0 Å². The number of carbonyl (C=O) groups is 1. The van der Waals surface area contributed by atoms with E-state index < -0.39 is 11.4 Å². The lowest BCUT2D eigenvalue weighted by molar-refractivity contribution is -0.144. The van der Waals surface area contributed by atoms with Crippen LogP contribution in [0, 0.1) is 0 Å². The molecule has 0 radical (unpaired) electrons. The van der Waals surface area contributed by atoms with E-state index in [1.54, 1.807) is 18.2 Å². The Hall–Kier alpha value is -1.51. The number of carboxylic acids is 1. The summed E-state index contributed by atoms with van der Waals surface area (Å²) in [4.78, 5) is 12.0. The molecule has 2 aromatic carbocycles. The molecular weight excluding hydrogens is 307 g/mol. The van der Waals surface area contributed by atoms with E-state index in [9.17, 15) is 9.90 Å². The average molecular weight is 323 g/mol. The molecule has 0 saturated carbocycles. The standard InChI is InChI=1S/C17H16Cl2O2/c1-2-17(16(20)21,13-6-4-3-5-7-13)11-12-10-14(18)8-9-15(12)19/h3-10H,2,11H2,1H3,(H,20,21). The van der Waals surface area contributed by atoms with Crippen molar-refractivity contribution in [2.24, 2.45) is 0 Å². The lowest BCUT2D eigenvalue weighted by atomic mass is 9.73. The molecule has 0 amide bonds. The molecule has 0 aromatic heterocycles. The Bertz CT molecular complexity index is 640. The highest BCUT2D eigenvalue weighted by Crippen LogP contribution is 2.35. The fourth-order valence-electron chi connectivity index (χ4n) is 2.54. The van der Waals surface area contributed by atoms with Gasteiger partial charge in [-0.2, -0.15) is 0 Å². The third kappa shape index (κ3) is 3.22. The van der Waals surface area contributed by atoms with Crippen molar-refractivity contribution < 1.29 is 9.90 Å². The van der Waals surface area contributed by atoms with E-state index in [4.69, 9.17) is 23.2 Å². The first kappa shape index (κ1) is 15.9. The van der Waals surface area contributed by atoms with E-state index in [1.165, 1.54) is 0 Å². The lowest BCUT2D eigenvalue weighted by Gasteiger charge is -2.29. The van der Waals surface area contributed by atoms with Gasteiger partial charge in [0.25, 0.3) is 0 Å². The van der Waals surface area contributed by atoms with Crippen LogP contribution in [0.5, 0.6) is 0 Å². The van der Waals surface area contributed by atoms with E-state index in [0.29, 0.717) is 22.9 Å². The number of halogens is 2. The third-order valence-corrected chi connectivity index (χ3v) is 4.44. The minimum absolute atomic E-state index is 0.308. The van der Waals surface area contributed by atoms with Crippen molar-refractivity contribution >= 4 is 29.2 Å². The zero-order valence-electron chi connectivity index (χ0n) is 11.6. The fraction of sp³-hybridized carbons (Fsp3) is 0.235. The number of rotatable bonds is 5. The first-order valence-corrected chi connectivity index (χ1v) is 7.48. The molecular formula is C17H16Cl2O2. The average Bonchev–Trinajstić information content (AvgIpc) is 2.49. The van der Waals surface area contributed by atoms with E-state index >= 15 is 0 Å². The van der Waals surface area contributed by atoms with Gasteiger partial charge < -0.3 is 5.11 Å². The third-order valence-electron chi connectivity index (χ3n) is 3.84. The van der Waals surface area contributed by atoms with Crippen LogP contribution >= 0.6 is 23.2 Å². The summed E-state index contributed by atoms with van der Waals surface area (Å²) in [6, 6.07) is 14.4. The monoisotopic (exact) mass is 322 g/mol. The zero-order valence-corrected chi connectivity index (χ0v) is 13.2. The lowest BCUT2D eigenvalue weighted by Crippen LogP contribution is -2.37. The second-order valence-electron chi connectivity index (χ2n) is 5.02. The molecule has 21 heavy (non-hydrogen) atoms. The second kappa shape index (κ2) is 6.50. The van der Waals surface area contributed by atoms with Gasteiger partial charge in [0.2, 0.25) is 0 Å². The number of hydrogen-bond donors (Lipinski definition) is 1. The van der Waals surface area contributed by atoms with Gasteiger partial charge in [-0.1, -0.05) is 60.5 Å². The smallest absolute Gasteiger partial charge is 0.314 e. The van der Waals surface area contributed by atoms with Crippen LogP contribution in [-0.4, -0.2) is 11.1 Å². The molecule has 0 heterocycles. The minimum Gasteiger partial charge on any atom is -0.481 e. The van der Waals surface area contributed by atoms with Crippen LogP contribution in [0.25, 0.3) is 0 Å². The van der Waals surface area contributed by atoms with Crippen LogP contribution < -0.4 is 0 Å². The first-order valence-electron chi connectivity index (χ1n) is 6.72. The van der Waals surface area contributed by atoms with Crippen LogP contribution in [0.15, 0.2) is 48.5 Å². The number of carboxylic acid groups (broad SMARTS) is 1. The van der Waals surface area contributed by atoms with Gasteiger partial charge in [-0.15, -0.1) is 0 Å². The van der Waals surface area contributed by atoms with Gasteiger partial charge in [-0.25, -0.2) is 0 Å². The summed E-state index contributed by atoms with van der Waals surface area (Å²) < 4.78 is 0. The second-order valence-corrected chi connectivity index (χ2v) is 5.86. The summed E-state index contributed by atoms with van der Waals surface area (Å²) in [5.41, 5.74) is 0.517. The Labute approximate surface area is 134 Å². The van der Waals surface area contributed by atoms with Gasteiger partial charge >= 0.3 is 5.97 Å². The molecule has 2 rings (SSSR count). The van der Waals surface area contributed by atoms with Crippen molar-refractivity contribution in [1.29, 1.82) is 0 Å². The predicted molar refractivity (Wildman–Crippen MR) is 86.2 cm³/mol. The number of hydrogen-bond acceptors (Lipinski definition) is 1. The Morgan fingerprint density at radius 3 is 2.38 bits per heavy atom. The number of aliphatic carboxylic acids is 1. The van der Waals surface area contributed by atoms with Crippen LogP contribution in [0.1, 0.15) is 24.5 Å². The fourth-order valence-corrected chi connectivity index (χ4v) is 2.92. The number of benzene rings is 2. The van der Waals surface area contributed by atoms with E-state index in [1.807, 2.05) is 37.3 Å². The van der Waals surface area contributed by atoms with Crippen LogP contribution in [0.4, 0.5) is 0 Å². The largest absolute Gasteiger partial charge is 0.481 e. The summed E-state index contributed by atoms with van der Waals surface area (Å²) in [6.07, 6.45) is 0.775. The normalized spacial score (nSPS) is 13.7. The van der Waals surface area contributed by atoms with Gasteiger partial charge in [0, 0.05) is 10.0 Å². The summed E-state index contributed by atoms with van der Waals surface area (Å²) in [7, 11) is 0. The highest BCUT2D eigenvalue weighted by molar-refractivity contribution is 6.33. The van der Waals surface area contributed by atoms with Crippen molar-refractivity contribution in [2.75, 3.05) is 0 Å². The van der Waals surface area contributed by atoms with Crippen molar-refractivity contribution in [3.63, 3.8) is 0 Å². The Kier molecular flexibility index (Phi) is 4.92. The highest BCUT2D eigenvalue weighted by Gasteiger charge is 2.39. The summed E-state index contributed by atoms with van der Waals surface area (Å²) in [6.45, 7) is 1.87. The van der Waals surface area contributed by atoms with Crippen molar-refractivity contribution in [2.45, 2.75) is 25.2 Å². The van der Waals surface area contributed by atoms with Crippen molar-refractivity contribution in [3.8, 4) is 0 Å². The van der Waals surface area contributed by atoms with Crippen molar-refractivity contribution in [1.82, 2.24) is 0 Å². The highest BCUT2D eigenvalue weighted by atomic mass is 35.5. The van der Waals surface area contributed by atoms with Gasteiger partial charge in [0.05, 0.1) is 5.41 Å².